The molecule has 1 saturated heterocycles. The van der Waals surface area contributed by atoms with Crippen LogP contribution in [0.5, 0.6) is 0 Å². The van der Waals surface area contributed by atoms with Crippen molar-refractivity contribution < 1.29 is 9.90 Å². The van der Waals surface area contributed by atoms with Gasteiger partial charge in [-0.1, -0.05) is 65.7 Å². The molecule has 3 heterocycles. The minimum atomic E-state index is -0.521. The van der Waals surface area contributed by atoms with E-state index in [0.29, 0.717) is 10.6 Å². The van der Waals surface area contributed by atoms with Crippen LogP contribution in [0.2, 0.25) is 5.02 Å². The molecule has 0 bridgehead atoms. The number of rotatable bonds is 4. The molecule has 2 aliphatic heterocycles. The number of aromatic amines is 1. The summed E-state index contributed by atoms with van der Waals surface area (Å²) in [4.78, 5) is 21.7. The highest BCUT2D eigenvalue weighted by Crippen LogP contribution is 2.44. The highest BCUT2D eigenvalue weighted by Gasteiger charge is 2.44. The van der Waals surface area contributed by atoms with E-state index in [1.54, 1.807) is 18.2 Å². The monoisotopic (exact) mass is 527 g/mol. The zero-order valence-corrected chi connectivity index (χ0v) is 22.9. The number of aromatic nitrogens is 1. The van der Waals surface area contributed by atoms with Gasteiger partial charge in [0.25, 0.3) is 5.91 Å². The third-order valence-corrected chi connectivity index (χ3v) is 8.87. The molecular formula is C32H34ClN3O2. The smallest absolute Gasteiger partial charge is 0.253 e. The van der Waals surface area contributed by atoms with Crippen LogP contribution < -0.4 is 0 Å². The Hall–Kier alpha value is -3.12. The van der Waals surface area contributed by atoms with E-state index < -0.39 is 6.10 Å². The maximum absolute atomic E-state index is 13.5. The lowest BCUT2D eigenvalue weighted by Gasteiger charge is -2.49. The van der Waals surface area contributed by atoms with Gasteiger partial charge < -0.3 is 15.0 Å². The normalized spacial score (nSPS) is 22.1. The van der Waals surface area contributed by atoms with Gasteiger partial charge in [-0.05, 0) is 56.0 Å². The number of aliphatic hydroxyl groups excluding tert-OH is 1. The molecule has 1 aromatic heterocycles. The average Bonchev–Trinajstić information content (AvgIpc) is 3.31. The van der Waals surface area contributed by atoms with Gasteiger partial charge in [0.15, 0.2) is 0 Å². The van der Waals surface area contributed by atoms with Gasteiger partial charge >= 0.3 is 0 Å². The van der Waals surface area contributed by atoms with E-state index in [-0.39, 0.29) is 23.9 Å². The largest absolute Gasteiger partial charge is 0.393 e. The van der Waals surface area contributed by atoms with Gasteiger partial charge in [0, 0.05) is 59.3 Å². The minimum Gasteiger partial charge on any atom is -0.393 e. The van der Waals surface area contributed by atoms with E-state index in [1.165, 1.54) is 38.9 Å². The number of para-hydroxylation sites is 1. The number of hydrogen-bond donors (Lipinski definition) is 2. The van der Waals surface area contributed by atoms with Crippen LogP contribution in [0.1, 0.15) is 46.6 Å². The lowest BCUT2D eigenvalue weighted by molar-refractivity contribution is -0.0239. The van der Waals surface area contributed by atoms with Crippen LogP contribution in [0.4, 0.5) is 0 Å². The molecule has 2 aliphatic rings. The van der Waals surface area contributed by atoms with Crippen molar-refractivity contribution in [3.63, 3.8) is 0 Å². The minimum absolute atomic E-state index is 0.0341. The fourth-order valence-electron chi connectivity index (χ4n) is 6.67. The molecule has 2 N–H and O–H groups in total. The first kappa shape index (κ1) is 25.2. The summed E-state index contributed by atoms with van der Waals surface area (Å²) in [6.45, 7) is 5.67. The average molecular weight is 528 g/mol. The van der Waals surface area contributed by atoms with Crippen LogP contribution in [-0.2, 0) is 6.42 Å². The number of nitrogens with one attached hydrogen (secondary N) is 1. The van der Waals surface area contributed by atoms with Gasteiger partial charge in [-0.25, -0.2) is 0 Å². The maximum Gasteiger partial charge on any atom is 0.253 e. The van der Waals surface area contributed by atoms with Gasteiger partial charge in [0.2, 0.25) is 0 Å². The molecule has 6 rings (SSSR count). The Kier molecular flexibility index (Phi) is 6.55. The Morgan fingerprint density at radius 3 is 2.68 bits per heavy atom. The van der Waals surface area contributed by atoms with Crippen molar-refractivity contribution in [1.29, 1.82) is 0 Å². The summed E-state index contributed by atoms with van der Waals surface area (Å²) in [5.74, 6) is -0.0980. The second-order valence-corrected chi connectivity index (χ2v) is 11.4. The van der Waals surface area contributed by atoms with Crippen LogP contribution in [0, 0.1) is 12.8 Å². The van der Waals surface area contributed by atoms with Crippen molar-refractivity contribution in [2.45, 2.75) is 44.9 Å². The number of piperidine rings is 1. The van der Waals surface area contributed by atoms with Gasteiger partial charge in [0.1, 0.15) is 0 Å². The Morgan fingerprint density at radius 2 is 1.92 bits per heavy atom. The highest BCUT2D eigenvalue weighted by atomic mass is 35.5. The van der Waals surface area contributed by atoms with Crippen molar-refractivity contribution in [3.8, 4) is 11.1 Å². The predicted octanol–water partition coefficient (Wildman–Crippen LogP) is 6.24. The number of carbonyl (C=O) groups is 1. The van der Waals surface area contributed by atoms with E-state index in [9.17, 15) is 9.90 Å². The lowest BCUT2D eigenvalue weighted by Crippen LogP contribution is -2.56. The van der Waals surface area contributed by atoms with Crippen molar-refractivity contribution >= 4 is 28.4 Å². The molecule has 4 aromatic rings. The first-order chi connectivity index (χ1) is 18.3. The summed E-state index contributed by atoms with van der Waals surface area (Å²) in [6, 6.07) is 22.4. The summed E-state index contributed by atoms with van der Waals surface area (Å²) in [7, 11) is 1.86. The molecule has 0 unspecified atom stereocenters. The zero-order chi connectivity index (χ0) is 26.6. The molecule has 0 aliphatic carbocycles. The van der Waals surface area contributed by atoms with Crippen LogP contribution in [-0.4, -0.2) is 58.1 Å². The maximum atomic E-state index is 13.5. The van der Waals surface area contributed by atoms with Gasteiger partial charge in [-0.15, -0.1) is 0 Å². The first-order valence-corrected chi connectivity index (χ1v) is 13.8. The van der Waals surface area contributed by atoms with E-state index in [2.05, 4.69) is 59.3 Å². The summed E-state index contributed by atoms with van der Waals surface area (Å²) in [5.41, 5.74) is 8.07. The van der Waals surface area contributed by atoms with Crippen molar-refractivity contribution in [2.24, 2.45) is 5.92 Å². The topological polar surface area (TPSA) is 59.6 Å². The molecule has 1 amide bonds. The van der Waals surface area contributed by atoms with Crippen LogP contribution in [0.25, 0.3) is 22.0 Å². The molecule has 4 atom stereocenters. The Morgan fingerprint density at radius 1 is 1.13 bits per heavy atom. The fraction of sp³-hybridized carbons (Fsp3) is 0.344. The molecule has 0 radical (unpaired) electrons. The number of halogens is 1. The number of carbonyl (C=O) groups excluding carboxylic acids is 1. The summed E-state index contributed by atoms with van der Waals surface area (Å²) >= 11 is 6.19. The van der Waals surface area contributed by atoms with Crippen LogP contribution in [0.3, 0.4) is 0 Å². The number of fused-ring (bicyclic) bond motifs is 5. The molecule has 38 heavy (non-hydrogen) atoms. The second-order valence-electron chi connectivity index (χ2n) is 11.0. The molecule has 5 nitrogen and oxygen atoms in total. The van der Waals surface area contributed by atoms with Crippen molar-refractivity contribution in [1.82, 2.24) is 14.8 Å². The molecule has 196 valence electrons. The number of benzene rings is 3. The van der Waals surface area contributed by atoms with Crippen LogP contribution in [0.15, 0.2) is 66.7 Å². The molecule has 0 spiro atoms. The number of hydrogen-bond acceptors (Lipinski definition) is 3. The SMILES string of the molecule is Cc1cccc(-c2cccc3c4c([nH]c23)[C@@H]2C[C@H](N(C)C(=O)c3cccc(Cl)c3)[C@H]([C@H](C)O)CN2CC4)c1. The summed E-state index contributed by atoms with van der Waals surface area (Å²) < 4.78 is 0. The number of amides is 1. The summed E-state index contributed by atoms with van der Waals surface area (Å²) in [5, 5.41) is 12.6. The first-order valence-electron chi connectivity index (χ1n) is 13.5. The van der Waals surface area contributed by atoms with Gasteiger partial charge in [0.05, 0.1) is 17.7 Å². The number of aliphatic hydroxyl groups is 1. The molecule has 6 heteroatoms. The van der Waals surface area contributed by atoms with Gasteiger partial charge in [-0.2, -0.15) is 0 Å². The second kappa shape index (κ2) is 9.88. The number of nitrogens with zero attached hydrogens (tertiary/aromatic N) is 2. The summed E-state index contributed by atoms with van der Waals surface area (Å²) in [6.07, 6.45) is 1.21. The van der Waals surface area contributed by atoms with E-state index in [1.807, 2.05) is 24.9 Å². The fourth-order valence-corrected chi connectivity index (χ4v) is 6.86. The predicted molar refractivity (Wildman–Crippen MR) is 154 cm³/mol. The quantitative estimate of drug-likeness (QED) is 0.330. The molecule has 1 fully saturated rings. The lowest BCUT2D eigenvalue weighted by atomic mass is 9.79. The molecule has 0 saturated carbocycles. The van der Waals surface area contributed by atoms with Crippen molar-refractivity contribution in [2.75, 3.05) is 20.1 Å². The number of aryl methyl sites for hydroxylation is 1. The number of H-pyrrole nitrogens is 1. The Bertz CT molecular complexity index is 1510. The van der Waals surface area contributed by atoms with Gasteiger partial charge in [-0.3, -0.25) is 9.69 Å². The standard InChI is InChI=1S/C32H34ClN3O2/c1-19-7-4-8-21(15-19)24-11-6-12-25-26-13-14-36-18-27(20(2)37)28(17-29(36)31(26)34-30(24)25)35(3)32(38)22-9-5-10-23(33)16-22/h4-12,15-16,20,27-29,34,37H,13-14,17-18H2,1-3H3/t20-,27-,28-,29-/m0/s1. The van der Waals surface area contributed by atoms with E-state index >= 15 is 0 Å². The molecule has 3 aromatic carbocycles. The van der Waals surface area contributed by atoms with Crippen molar-refractivity contribution in [3.05, 3.63) is 94.1 Å². The van der Waals surface area contributed by atoms with E-state index in [4.69, 9.17) is 11.6 Å². The zero-order valence-electron chi connectivity index (χ0n) is 22.1. The third-order valence-electron chi connectivity index (χ3n) is 8.64. The Balaban J connectivity index is 1.38. The van der Waals surface area contributed by atoms with Crippen LogP contribution >= 0.6 is 11.6 Å². The third kappa shape index (κ3) is 4.33. The molecular weight excluding hydrogens is 494 g/mol. The van der Waals surface area contributed by atoms with E-state index in [0.717, 1.165) is 25.9 Å². The Labute approximate surface area is 229 Å². The highest BCUT2D eigenvalue weighted by molar-refractivity contribution is 6.30.